The minimum absolute atomic E-state index is 0.0186. The van der Waals surface area contributed by atoms with E-state index >= 15 is 0 Å². The lowest BCUT2D eigenvalue weighted by Crippen LogP contribution is -2.46. The summed E-state index contributed by atoms with van der Waals surface area (Å²) < 4.78 is 1.06. The Balaban J connectivity index is 1.80. The monoisotopic (exact) mass is 387 g/mol. The fourth-order valence-corrected chi connectivity index (χ4v) is 4.09. The first-order valence-corrected chi connectivity index (χ1v) is 9.26. The van der Waals surface area contributed by atoms with Gasteiger partial charge in [0.2, 0.25) is 11.8 Å². The first-order valence-electron chi connectivity index (χ1n) is 7.58. The average Bonchev–Trinajstić information content (AvgIpc) is 2.96. The second kappa shape index (κ2) is 8.64. The van der Waals surface area contributed by atoms with Crippen LogP contribution in [0.5, 0.6) is 0 Å². The van der Waals surface area contributed by atoms with Crippen LogP contribution in [-0.4, -0.2) is 42.9 Å². The van der Waals surface area contributed by atoms with Crippen LogP contribution >= 0.6 is 27.3 Å². The molecule has 0 radical (unpaired) electrons. The van der Waals surface area contributed by atoms with Crippen LogP contribution in [0.4, 0.5) is 0 Å². The Morgan fingerprint density at radius 1 is 1.50 bits per heavy atom. The molecule has 1 saturated heterocycles. The third-order valence-corrected chi connectivity index (χ3v) is 5.55. The van der Waals surface area contributed by atoms with E-state index in [1.807, 2.05) is 10.3 Å². The number of aryl methyl sites for hydroxylation is 1. The second-order valence-corrected chi connectivity index (χ2v) is 7.40. The molecule has 0 spiro atoms. The third kappa shape index (κ3) is 5.07. The number of amides is 2. The number of halogens is 1. The Kier molecular flexibility index (Phi) is 6.85. The molecule has 22 heavy (non-hydrogen) atoms. The molecule has 2 heterocycles. The number of nitrogens with zero attached hydrogens (tertiary/aromatic N) is 1. The number of thiophene rings is 1. The van der Waals surface area contributed by atoms with Gasteiger partial charge in [-0.1, -0.05) is 0 Å². The number of hydrogen-bond acceptors (Lipinski definition) is 4. The summed E-state index contributed by atoms with van der Waals surface area (Å²) in [6, 6.07) is 2.05. The first-order chi connectivity index (χ1) is 10.6. The van der Waals surface area contributed by atoms with Crippen LogP contribution in [0.1, 0.15) is 24.1 Å². The highest BCUT2D eigenvalue weighted by molar-refractivity contribution is 9.10. The van der Waals surface area contributed by atoms with Crippen LogP contribution in [-0.2, 0) is 16.0 Å². The summed E-state index contributed by atoms with van der Waals surface area (Å²) in [7, 11) is 0. The Hall–Kier alpha value is -0.920. The fourth-order valence-electron chi connectivity index (χ4n) is 2.63. The van der Waals surface area contributed by atoms with Gasteiger partial charge in [0.15, 0.2) is 0 Å². The van der Waals surface area contributed by atoms with Gasteiger partial charge in [-0.2, -0.15) is 0 Å². The van der Waals surface area contributed by atoms with Crippen molar-refractivity contribution in [2.75, 3.05) is 26.2 Å². The number of nitrogens with one attached hydrogen (secondary N) is 1. The SMILES string of the molecule is NCCNC(=O)C1CCCN(C(=O)CCc2cc(Br)cs2)C1. The van der Waals surface area contributed by atoms with Gasteiger partial charge in [0.1, 0.15) is 0 Å². The summed E-state index contributed by atoms with van der Waals surface area (Å²) in [4.78, 5) is 27.4. The molecule has 3 N–H and O–H groups in total. The molecule has 0 aliphatic carbocycles. The third-order valence-electron chi connectivity index (χ3n) is 3.80. The molecule has 1 atom stereocenters. The van der Waals surface area contributed by atoms with Gasteiger partial charge < -0.3 is 16.0 Å². The highest BCUT2D eigenvalue weighted by atomic mass is 79.9. The van der Waals surface area contributed by atoms with Crippen molar-refractivity contribution in [1.29, 1.82) is 0 Å². The quantitative estimate of drug-likeness (QED) is 0.780. The summed E-state index contributed by atoms with van der Waals surface area (Å²) in [5, 5.41) is 4.84. The van der Waals surface area contributed by atoms with E-state index in [2.05, 4.69) is 27.3 Å². The number of nitrogens with two attached hydrogens (primary N) is 1. The molecule has 1 unspecified atom stereocenters. The van der Waals surface area contributed by atoms with Crippen molar-refractivity contribution in [1.82, 2.24) is 10.2 Å². The van der Waals surface area contributed by atoms with Crippen LogP contribution in [0, 0.1) is 5.92 Å². The Morgan fingerprint density at radius 2 is 2.32 bits per heavy atom. The smallest absolute Gasteiger partial charge is 0.224 e. The van der Waals surface area contributed by atoms with Gasteiger partial charge in [-0.25, -0.2) is 0 Å². The van der Waals surface area contributed by atoms with Crippen molar-refractivity contribution in [3.05, 3.63) is 20.8 Å². The molecule has 0 saturated carbocycles. The molecule has 1 aliphatic rings. The van der Waals surface area contributed by atoms with Crippen LogP contribution in [0.3, 0.4) is 0 Å². The predicted molar refractivity (Wildman–Crippen MR) is 91.7 cm³/mol. The van der Waals surface area contributed by atoms with E-state index in [1.54, 1.807) is 11.3 Å². The van der Waals surface area contributed by atoms with Gasteiger partial charge in [-0.3, -0.25) is 9.59 Å². The molecule has 1 aromatic rings. The largest absolute Gasteiger partial charge is 0.355 e. The highest BCUT2D eigenvalue weighted by Crippen LogP contribution is 2.22. The summed E-state index contributed by atoms with van der Waals surface area (Å²) in [5.41, 5.74) is 5.40. The summed E-state index contributed by atoms with van der Waals surface area (Å²) in [6.45, 7) is 2.23. The van der Waals surface area contributed by atoms with E-state index in [1.165, 1.54) is 4.88 Å². The standard InChI is InChI=1S/C15H22BrN3O2S/c16-12-8-13(22-10-12)3-4-14(20)19-7-1-2-11(9-19)15(21)18-6-5-17/h8,10-11H,1-7,9,17H2,(H,18,21). The van der Waals surface area contributed by atoms with E-state index in [4.69, 9.17) is 5.73 Å². The molecule has 1 aromatic heterocycles. The maximum absolute atomic E-state index is 12.3. The zero-order valence-corrected chi connectivity index (χ0v) is 14.9. The molecular formula is C15H22BrN3O2S. The van der Waals surface area contributed by atoms with Gasteiger partial charge in [0.25, 0.3) is 0 Å². The van der Waals surface area contributed by atoms with E-state index in [0.29, 0.717) is 26.1 Å². The van der Waals surface area contributed by atoms with E-state index in [9.17, 15) is 9.59 Å². The number of carbonyl (C=O) groups is 2. The zero-order chi connectivity index (χ0) is 15.9. The molecule has 7 heteroatoms. The Morgan fingerprint density at radius 3 is 3.00 bits per heavy atom. The topological polar surface area (TPSA) is 75.4 Å². The number of likely N-dealkylation sites (tertiary alicyclic amines) is 1. The number of carbonyl (C=O) groups excluding carboxylic acids is 2. The van der Waals surface area contributed by atoms with E-state index in [-0.39, 0.29) is 17.7 Å². The van der Waals surface area contributed by atoms with Crippen molar-refractivity contribution < 1.29 is 9.59 Å². The van der Waals surface area contributed by atoms with Crippen molar-refractivity contribution in [3.63, 3.8) is 0 Å². The molecule has 2 amide bonds. The molecular weight excluding hydrogens is 366 g/mol. The van der Waals surface area contributed by atoms with Crippen LogP contribution < -0.4 is 11.1 Å². The number of hydrogen-bond donors (Lipinski definition) is 2. The zero-order valence-electron chi connectivity index (χ0n) is 12.5. The molecule has 0 aromatic carbocycles. The molecule has 1 fully saturated rings. The first kappa shape index (κ1) is 17.4. The maximum Gasteiger partial charge on any atom is 0.224 e. The van der Waals surface area contributed by atoms with Gasteiger partial charge in [0.05, 0.1) is 5.92 Å². The van der Waals surface area contributed by atoms with Crippen molar-refractivity contribution in [2.24, 2.45) is 11.7 Å². The van der Waals surface area contributed by atoms with E-state index < -0.39 is 0 Å². The second-order valence-electron chi connectivity index (χ2n) is 5.49. The van der Waals surface area contributed by atoms with Crippen LogP contribution in [0.15, 0.2) is 15.9 Å². The molecule has 122 valence electrons. The lowest BCUT2D eigenvalue weighted by Gasteiger charge is -2.32. The van der Waals surface area contributed by atoms with E-state index in [0.717, 1.165) is 30.3 Å². The van der Waals surface area contributed by atoms with Crippen LogP contribution in [0.2, 0.25) is 0 Å². The lowest BCUT2D eigenvalue weighted by atomic mass is 9.96. The minimum atomic E-state index is -0.0971. The van der Waals surface area contributed by atoms with Crippen molar-refractivity contribution in [3.8, 4) is 0 Å². The Bertz CT molecular complexity index is 521. The van der Waals surface area contributed by atoms with Crippen molar-refractivity contribution >= 4 is 39.1 Å². The number of piperidine rings is 1. The van der Waals surface area contributed by atoms with Crippen molar-refractivity contribution in [2.45, 2.75) is 25.7 Å². The minimum Gasteiger partial charge on any atom is -0.355 e. The van der Waals surface area contributed by atoms with Gasteiger partial charge in [0, 0.05) is 47.3 Å². The number of rotatable bonds is 6. The average molecular weight is 388 g/mol. The summed E-state index contributed by atoms with van der Waals surface area (Å²) >= 11 is 5.08. The molecule has 1 aliphatic heterocycles. The molecule has 0 bridgehead atoms. The normalized spacial score (nSPS) is 18.3. The lowest BCUT2D eigenvalue weighted by molar-refractivity contribution is -0.135. The molecule has 5 nitrogen and oxygen atoms in total. The molecule has 2 rings (SSSR count). The van der Waals surface area contributed by atoms with Gasteiger partial charge in [-0.05, 0) is 41.3 Å². The van der Waals surface area contributed by atoms with Crippen LogP contribution in [0.25, 0.3) is 0 Å². The van der Waals surface area contributed by atoms with Gasteiger partial charge in [-0.15, -0.1) is 11.3 Å². The highest BCUT2D eigenvalue weighted by Gasteiger charge is 2.27. The van der Waals surface area contributed by atoms with Gasteiger partial charge >= 0.3 is 0 Å². The predicted octanol–water partition coefficient (Wildman–Crippen LogP) is 1.76. The summed E-state index contributed by atoms with van der Waals surface area (Å²) in [5.74, 6) is 0.0612. The Labute approximate surface area is 143 Å². The summed E-state index contributed by atoms with van der Waals surface area (Å²) in [6.07, 6.45) is 2.99. The fraction of sp³-hybridized carbons (Fsp3) is 0.600. The maximum atomic E-state index is 12.3.